The zero-order chi connectivity index (χ0) is 57.3. The van der Waals surface area contributed by atoms with Gasteiger partial charge in [-0.25, -0.2) is 0 Å². The molecule has 0 heterocycles. The molecule has 0 saturated carbocycles. The monoisotopic (exact) mass is 1190 g/mol. The molecule has 0 fully saturated rings. The van der Waals surface area contributed by atoms with E-state index in [4.69, 9.17) is 0 Å². The van der Waals surface area contributed by atoms with E-state index in [-0.39, 0.29) is 141 Å². The van der Waals surface area contributed by atoms with E-state index in [2.05, 4.69) is 31.9 Å². The molecular weight excluding hydrogens is 1130 g/mol. The van der Waals surface area contributed by atoms with Crippen LogP contribution in [0.25, 0.3) is 0 Å². The summed E-state index contributed by atoms with van der Waals surface area (Å²) in [5.74, 6) is -9.71. The van der Waals surface area contributed by atoms with Gasteiger partial charge in [0.1, 0.15) is 34.5 Å². The summed E-state index contributed by atoms with van der Waals surface area (Å²) in [7, 11) is 0. The molecule has 6 unspecified atom stereocenters. The van der Waals surface area contributed by atoms with Gasteiger partial charge in [0.15, 0.2) is 0 Å². The van der Waals surface area contributed by atoms with Crippen LogP contribution in [0.1, 0.15) is 69.6 Å². The number of rotatable bonds is 27. The maximum atomic E-state index is 11.3. The number of phenolic OH excluding ortho intramolecular Hbond substituents is 6. The van der Waals surface area contributed by atoms with Gasteiger partial charge in [-0.2, -0.15) is 0 Å². The summed E-state index contributed by atoms with van der Waals surface area (Å²) in [5, 5.41) is 143. The van der Waals surface area contributed by atoms with E-state index in [9.17, 15) is 90.0 Å². The Labute approximate surface area is 478 Å². The van der Waals surface area contributed by atoms with Crippen LogP contribution in [0.3, 0.4) is 0 Å². The van der Waals surface area contributed by atoms with E-state index in [0.29, 0.717) is 0 Å². The third kappa shape index (κ3) is 20.5. The first-order chi connectivity index (χ1) is 37.2. The van der Waals surface area contributed by atoms with E-state index in [1.165, 1.54) is 72.8 Å². The standard InChI is InChI=1S/3C18H20N2O6.2Fe/c3*21-13-7-3-1-5-11(13)15(17(23)24)19-9-10-20-16(18(25)26)12-6-2-4-8-14(12)22;;/h3*1-8,15-16,19-22H,9-10H2,(H,23,24)(H,25,26);;/q;;;2*+3/p-6. The van der Waals surface area contributed by atoms with Crippen molar-refractivity contribution < 1.29 is 124 Å². The summed E-state index contributed by atoms with van der Waals surface area (Å²) in [6.07, 6.45) is 0. The molecular formula is C54H54Fe2N6O18. The fraction of sp³-hybridized carbons (Fsp3) is 0.222. The normalized spacial score (nSPS) is 12.8. The van der Waals surface area contributed by atoms with Gasteiger partial charge in [0.25, 0.3) is 0 Å². The Bertz CT molecular complexity index is 2470. The number of hydrogen-bond donors (Lipinski definition) is 12. The first-order valence-electron chi connectivity index (χ1n) is 23.6. The molecule has 0 saturated heterocycles. The van der Waals surface area contributed by atoms with Crippen molar-refractivity contribution >= 4 is 35.8 Å². The first kappa shape index (κ1) is 67.8. The van der Waals surface area contributed by atoms with E-state index >= 15 is 0 Å². The number of carbonyl (C=O) groups excluding carboxylic acids is 6. The summed E-state index contributed by atoms with van der Waals surface area (Å²) in [4.78, 5) is 67.9. The fourth-order valence-corrected chi connectivity index (χ4v) is 7.61. The molecule has 6 aromatic carbocycles. The van der Waals surface area contributed by atoms with Gasteiger partial charge in [-0.15, -0.1) is 0 Å². The molecule has 26 heteroatoms. The molecule has 24 nitrogen and oxygen atoms in total. The molecule has 12 N–H and O–H groups in total. The van der Waals surface area contributed by atoms with Crippen LogP contribution in [0.15, 0.2) is 146 Å². The van der Waals surface area contributed by atoms with Crippen molar-refractivity contribution in [1.29, 1.82) is 0 Å². The van der Waals surface area contributed by atoms with Crippen molar-refractivity contribution in [2.45, 2.75) is 36.3 Å². The zero-order valence-corrected chi connectivity index (χ0v) is 44.1. The van der Waals surface area contributed by atoms with Crippen molar-refractivity contribution in [3.63, 3.8) is 0 Å². The number of para-hydroxylation sites is 6. The number of carboxylic acid groups (broad SMARTS) is 6. The predicted octanol–water partition coefficient (Wildman–Crippen LogP) is -4.33. The minimum atomic E-state index is -1.43. The molecule has 6 rings (SSSR count). The van der Waals surface area contributed by atoms with E-state index < -0.39 is 72.1 Å². The van der Waals surface area contributed by atoms with E-state index in [0.717, 1.165) is 0 Å². The predicted molar refractivity (Wildman–Crippen MR) is 263 cm³/mol. The maximum absolute atomic E-state index is 11.3. The van der Waals surface area contributed by atoms with Crippen LogP contribution >= 0.6 is 0 Å². The smallest absolute Gasteiger partial charge is 0.548 e. The van der Waals surface area contributed by atoms with Gasteiger partial charge >= 0.3 is 34.1 Å². The number of hydrogen-bond acceptors (Lipinski definition) is 24. The van der Waals surface area contributed by atoms with Crippen LogP contribution in [0.5, 0.6) is 34.5 Å². The average molecular weight is 1190 g/mol. The molecule has 6 atom stereocenters. The topological polar surface area (TPSA) is 434 Å². The van der Waals surface area contributed by atoms with Gasteiger partial charge in [0.05, 0.1) is 72.1 Å². The number of carbonyl (C=O) groups is 6. The fourth-order valence-electron chi connectivity index (χ4n) is 7.61. The molecule has 6 aromatic rings. The van der Waals surface area contributed by atoms with E-state index in [1.54, 1.807) is 72.8 Å². The molecule has 80 heavy (non-hydrogen) atoms. The van der Waals surface area contributed by atoms with Gasteiger partial charge in [0, 0.05) is 72.6 Å². The summed E-state index contributed by atoms with van der Waals surface area (Å²) >= 11 is 0. The number of carboxylic acids is 6. The van der Waals surface area contributed by atoms with Gasteiger partial charge in [-0.05, 0) is 36.4 Å². The molecule has 0 aromatic heterocycles. The van der Waals surface area contributed by atoms with Crippen LogP contribution in [0.4, 0.5) is 0 Å². The summed E-state index contributed by atoms with van der Waals surface area (Å²) in [6, 6.07) is 28.1. The minimum Gasteiger partial charge on any atom is -0.548 e. The largest absolute Gasteiger partial charge is 3.00 e. The SMILES string of the molecule is O=C([O-])C(NCCNC(C(=O)[O-])c1ccccc1O)c1ccccc1O.O=C([O-])C(NCCNC(C(=O)[O-])c1ccccc1O)c1ccccc1O.O=C([O-])C(NCCNC(C(=O)[O-])c1ccccc1O)c1ccccc1O.[Fe+3].[Fe+3]. The van der Waals surface area contributed by atoms with Crippen molar-refractivity contribution in [2.24, 2.45) is 0 Å². The molecule has 2 radical (unpaired) electrons. The Morgan fingerprint density at radius 2 is 0.375 bits per heavy atom. The summed E-state index contributed by atoms with van der Waals surface area (Å²) in [5.41, 5.74) is 0.859. The Morgan fingerprint density at radius 1 is 0.263 bits per heavy atom. The van der Waals surface area contributed by atoms with Crippen LogP contribution in [-0.2, 0) is 62.9 Å². The van der Waals surface area contributed by atoms with Crippen LogP contribution in [0, 0.1) is 0 Å². The van der Waals surface area contributed by atoms with Crippen molar-refractivity contribution in [3.05, 3.63) is 179 Å². The number of phenols is 6. The van der Waals surface area contributed by atoms with Crippen LogP contribution < -0.4 is 62.5 Å². The van der Waals surface area contributed by atoms with Crippen molar-refractivity contribution in [3.8, 4) is 34.5 Å². The van der Waals surface area contributed by atoms with Crippen molar-refractivity contribution in [1.82, 2.24) is 31.9 Å². The molecule has 0 aliphatic rings. The zero-order valence-electron chi connectivity index (χ0n) is 41.9. The number of benzene rings is 6. The molecule has 0 aliphatic carbocycles. The molecule has 0 spiro atoms. The minimum absolute atomic E-state index is 0. The summed E-state index contributed by atoms with van der Waals surface area (Å²) in [6.45, 7) is 0.359. The Kier molecular flexibility index (Phi) is 29.3. The first-order valence-corrected chi connectivity index (χ1v) is 23.6. The Hall–Kier alpha value is -8.26. The maximum Gasteiger partial charge on any atom is 3.00 e. The molecule has 0 bridgehead atoms. The molecule has 424 valence electrons. The average Bonchev–Trinajstić information content (AvgIpc) is 3.39. The number of aliphatic carboxylic acids is 6. The number of aromatic hydroxyl groups is 6. The quantitative estimate of drug-likeness (QED) is 0.0171. The van der Waals surface area contributed by atoms with Gasteiger partial charge in [-0.1, -0.05) is 109 Å². The Balaban J connectivity index is 0.000000405. The van der Waals surface area contributed by atoms with Gasteiger partial charge in [0.2, 0.25) is 0 Å². The number of nitrogens with one attached hydrogen (secondary N) is 6. The molecule has 0 aliphatic heterocycles. The second kappa shape index (κ2) is 34.6. The second-order valence-electron chi connectivity index (χ2n) is 16.6. The molecule has 0 amide bonds. The van der Waals surface area contributed by atoms with E-state index in [1.807, 2.05) is 0 Å². The van der Waals surface area contributed by atoms with Crippen LogP contribution in [-0.4, -0.2) is 106 Å². The van der Waals surface area contributed by atoms with Crippen LogP contribution in [0.2, 0.25) is 0 Å². The van der Waals surface area contributed by atoms with Crippen molar-refractivity contribution in [2.75, 3.05) is 39.3 Å². The van der Waals surface area contributed by atoms with Gasteiger partial charge < -0.3 is 122 Å². The van der Waals surface area contributed by atoms with Gasteiger partial charge in [-0.3, -0.25) is 0 Å². The summed E-state index contributed by atoms with van der Waals surface area (Å²) < 4.78 is 0. The Morgan fingerprint density at radius 3 is 0.475 bits per heavy atom. The third-order valence-electron chi connectivity index (χ3n) is 11.4. The second-order valence-corrected chi connectivity index (χ2v) is 16.6. The third-order valence-corrected chi connectivity index (χ3v) is 11.4.